The highest BCUT2D eigenvalue weighted by Crippen LogP contribution is 2.28. The number of nitrogens with zero attached hydrogens (tertiary/aromatic N) is 1. The lowest BCUT2D eigenvalue weighted by molar-refractivity contribution is -0.138. The molecule has 0 unspecified atom stereocenters. The van der Waals surface area contributed by atoms with E-state index in [1.807, 2.05) is 59.7 Å². The number of rotatable bonds is 3. The van der Waals surface area contributed by atoms with Crippen LogP contribution >= 0.6 is 0 Å². The van der Waals surface area contributed by atoms with Crippen LogP contribution in [0.15, 0.2) is 24.3 Å². The second kappa shape index (κ2) is 5.88. The third-order valence-electron chi connectivity index (χ3n) is 3.31. The maximum atomic E-state index is 12.9. The van der Waals surface area contributed by atoms with Gasteiger partial charge in [-0.3, -0.25) is 9.59 Å². The molecule has 0 heterocycles. The zero-order chi connectivity index (χ0) is 16.4. The third-order valence-corrected chi connectivity index (χ3v) is 3.31. The Morgan fingerprint density at radius 3 is 2.00 bits per heavy atom. The van der Waals surface area contributed by atoms with E-state index in [4.69, 9.17) is 5.11 Å². The maximum absolute atomic E-state index is 12.9. The number of hydrogen-bond acceptors (Lipinski definition) is 2. The van der Waals surface area contributed by atoms with Crippen LogP contribution in [0.5, 0.6) is 0 Å². The summed E-state index contributed by atoms with van der Waals surface area (Å²) in [5.74, 6) is -1.25. The first-order valence-corrected chi connectivity index (χ1v) is 7.08. The number of amides is 1. The second-order valence-electron chi connectivity index (χ2n) is 7.25. The van der Waals surface area contributed by atoms with E-state index in [2.05, 4.69) is 0 Å². The maximum Gasteiger partial charge on any atom is 0.323 e. The summed E-state index contributed by atoms with van der Waals surface area (Å²) < 4.78 is 0. The van der Waals surface area contributed by atoms with Crippen molar-refractivity contribution in [2.75, 3.05) is 6.54 Å². The number of carbonyl (C=O) groups is 2. The summed E-state index contributed by atoms with van der Waals surface area (Å²) in [6.45, 7) is 11.3. The third kappa shape index (κ3) is 4.31. The van der Waals surface area contributed by atoms with Crippen LogP contribution < -0.4 is 0 Å². The summed E-state index contributed by atoms with van der Waals surface area (Å²) in [6.07, 6.45) is 0. The van der Waals surface area contributed by atoms with Crippen molar-refractivity contribution in [1.82, 2.24) is 4.90 Å². The molecule has 21 heavy (non-hydrogen) atoms. The molecule has 0 atom stereocenters. The zero-order valence-corrected chi connectivity index (χ0v) is 13.7. The van der Waals surface area contributed by atoms with Crippen molar-refractivity contribution in [1.29, 1.82) is 0 Å². The van der Waals surface area contributed by atoms with Gasteiger partial charge in [-0.2, -0.15) is 0 Å². The second-order valence-corrected chi connectivity index (χ2v) is 7.25. The van der Waals surface area contributed by atoms with Gasteiger partial charge in [-0.15, -0.1) is 0 Å². The molecule has 116 valence electrons. The number of aliphatic carboxylic acids is 1. The number of carbonyl (C=O) groups excluding carboxylic acids is 1. The van der Waals surface area contributed by atoms with Gasteiger partial charge in [0.05, 0.1) is 0 Å². The highest BCUT2D eigenvalue weighted by molar-refractivity contribution is 5.98. The summed E-state index contributed by atoms with van der Waals surface area (Å²) in [5.41, 5.74) is 0.760. The molecule has 0 saturated carbocycles. The average Bonchev–Trinajstić information content (AvgIpc) is 2.32. The van der Waals surface area contributed by atoms with E-state index in [0.717, 1.165) is 5.56 Å². The van der Waals surface area contributed by atoms with Gasteiger partial charge in [0.25, 0.3) is 5.91 Å². The number of carboxylic acid groups (broad SMARTS) is 1. The minimum atomic E-state index is -1.01. The van der Waals surface area contributed by atoms with Crippen molar-refractivity contribution >= 4 is 11.9 Å². The largest absolute Gasteiger partial charge is 0.480 e. The Balaban J connectivity index is 3.31. The predicted octanol–water partition coefficient (Wildman–Crippen LogP) is 3.31. The molecular formula is C17H25NO3. The smallest absolute Gasteiger partial charge is 0.323 e. The highest BCUT2D eigenvalue weighted by Gasteiger charge is 2.32. The first kappa shape index (κ1) is 17.2. The molecule has 0 bridgehead atoms. The molecule has 0 fully saturated rings. The Morgan fingerprint density at radius 1 is 1.05 bits per heavy atom. The van der Waals surface area contributed by atoms with Crippen LogP contribution in [0.3, 0.4) is 0 Å². The first-order valence-electron chi connectivity index (χ1n) is 7.08. The topological polar surface area (TPSA) is 57.6 Å². The van der Waals surface area contributed by atoms with E-state index in [9.17, 15) is 9.59 Å². The monoisotopic (exact) mass is 291 g/mol. The van der Waals surface area contributed by atoms with Crippen molar-refractivity contribution in [2.24, 2.45) is 0 Å². The number of carboxylic acids is 1. The van der Waals surface area contributed by atoms with Gasteiger partial charge in [0.15, 0.2) is 0 Å². The Labute approximate surface area is 126 Å². The average molecular weight is 291 g/mol. The molecule has 0 spiro atoms. The van der Waals surface area contributed by atoms with Crippen molar-refractivity contribution in [3.63, 3.8) is 0 Å². The molecule has 0 aliphatic carbocycles. The van der Waals surface area contributed by atoms with Gasteiger partial charge in [-0.05, 0) is 37.8 Å². The van der Waals surface area contributed by atoms with Crippen molar-refractivity contribution in [3.8, 4) is 0 Å². The van der Waals surface area contributed by atoms with E-state index >= 15 is 0 Å². The molecule has 0 aliphatic heterocycles. The van der Waals surface area contributed by atoms with E-state index in [1.165, 1.54) is 4.90 Å². The van der Waals surface area contributed by atoms with Crippen LogP contribution in [-0.4, -0.2) is 34.0 Å². The molecule has 0 radical (unpaired) electrons. The summed E-state index contributed by atoms with van der Waals surface area (Å²) in [4.78, 5) is 25.3. The Bertz CT molecular complexity index is 536. The van der Waals surface area contributed by atoms with Crippen molar-refractivity contribution in [3.05, 3.63) is 35.4 Å². The molecule has 1 amide bonds. The standard InChI is InChI=1S/C17H25NO3/c1-16(2,3)13-10-8-7-9-12(13)15(21)18(11-14(19)20)17(4,5)6/h7-10H,11H2,1-6H3,(H,19,20). The van der Waals surface area contributed by atoms with Gasteiger partial charge in [0.2, 0.25) is 0 Å². The van der Waals surface area contributed by atoms with Crippen LogP contribution in [0, 0.1) is 0 Å². The molecule has 0 saturated heterocycles. The lowest BCUT2D eigenvalue weighted by atomic mass is 9.83. The fourth-order valence-electron chi connectivity index (χ4n) is 2.22. The SMILES string of the molecule is CC(C)(C)c1ccccc1C(=O)N(CC(=O)O)C(C)(C)C. The predicted molar refractivity (Wildman–Crippen MR) is 83.6 cm³/mol. The van der Waals surface area contributed by atoms with Crippen LogP contribution in [0.25, 0.3) is 0 Å². The molecule has 1 aromatic carbocycles. The Kier molecular flexibility index (Phi) is 4.82. The summed E-state index contributed by atoms with van der Waals surface area (Å²) in [6, 6.07) is 7.40. The normalized spacial score (nSPS) is 12.1. The number of benzene rings is 1. The van der Waals surface area contributed by atoms with Crippen molar-refractivity contribution < 1.29 is 14.7 Å². The van der Waals surface area contributed by atoms with Crippen LogP contribution in [0.1, 0.15) is 57.5 Å². The van der Waals surface area contributed by atoms with E-state index in [-0.39, 0.29) is 17.9 Å². The lowest BCUT2D eigenvalue weighted by Crippen LogP contribution is -2.48. The lowest BCUT2D eigenvalue weighted by Gasteiger charge is -2.35. The fourth-order valence-corrected chi connectivity index (χ4v) is 2.22. The zero-order valence-electron chi connectivity index (χ0n) is 13.7. The Morgan fingerprint density at radius 2 is 1.57 bits per heavy atom. The highest BCUT2D eigenvalue weighted by atomic mass is 16.4. The number of hydrogen-bond donors (Lipinski definition) is 1. The molecule has 1 aromatic rings. The van der Waals surface area contributed by atoms with Gasteiger partial charge >= 0.3 is 5.97 Å². The molecule has 0 aromatic heterocycles. The van der Waals surface area contributed by atoms with Crippen LogP contribution in [0.4, 0.5) is 0 Å². The summed E-state index contributed by atoms with van der Waals surface area (Å²) >= 11 is 0. The van der Waals surface area contributed by atoms with E-state index < -0.39 is 11.5 Å². The molecule has 0 aliphatic rings. The Hall–Kier alpha value is -1.84. The van der Waals surface area contributed by atoms with Gasteiger partial charge < -0.3 is 10.0 Å². The minimum Gasteiger partial charge on any atom is -0.480 e. The van der Waals surface area contributed by atoms with Crippen molar-refractivity contribution in [2.45, 2.75) is 52.5 Å². The molecule has 1 rings (SSSR count). The quantitative estimate of drug-likeness (QED) is 0.929. The van der Waals surface area contributed by atoms with Crippen LogP contribution in [0.2, 0.25) is 0 Å². The molecule has 4 nitrogen and oxygen atoms in total. The van der Waals surface area contributed by atoms with Crippen LogP contribution in [-0.2, 0) is 10.2 Å². The summed E-state index contributed by atoms with van der Waals surface area (Å²) in [5, 5.41) is 9.08. The molecule has 4 heteroatoms. The first-order chi connectivity index (χ1) is 9.44. The van der Waals surface area contributed by atoms with E-state index in [1.54, 1.807) is 6.07 Å². The summed E-state index contributed by atoms with van der Waals surface area (Å²) in [7, 11) is 0. The van der Waals surface area contributed by atoms with Gasteiger partial charge in [-0.1, -0.05) is 39.0 Å². The van der Waals surface area contributed by atoms with Gasteiger partial charge in [0, 0.05) is 11.1 Å². The minimum absolute atomic E-state index is 0.182. The molecule has 1 N–H and O–H groups in total. The fraction of sp³-hybridized carbons (Fsp3) is 0.529. The van der Waals surface area contributed by atoms with Gasteiger partial charge in [-0.25, -0.2) is 0 Å². The van der Waals surface area contributed by atoms with Gasteiger partial charge in [0.1, 0.15) is 6.54 Å². The molecular weight excluding hydrogens is 266 g/mol. The van der Waals surface area contributed by atoms with E-state index in [0.29, 0.717) is 5.56 Å².